The van der Waals surface area contributed by atoms with E-state index in [0.29, 0.717) is 0 Å². The van der Waals surface area contributed by atoms with E-state index in [2.05, 4.69) is 0 Å². The highest BCUT2D eigenvalue weighted by molar-refractivity contribution is 7.92. The Kier molecular flexibility index (Phi) is 4.56. The second-order valence-electron chi connectivity index (χ2n) is 4.23. The molecule has 5 heteroatoms. The fraction of sp³-hybridized carbons (Fsp3) is 0.889. The van der Waals surface area contributed by atoms with Crippen molar-refractivity contribution in [1.82, 2.24) is 0 Å². The molecule has 0 radical (unpaired) electrons. The standard InChI is InChI=1S/C9H17NO3S/c1-9(2,3)14(12,13)5-4-8(6-10)7-11/h8,11H,4-5,7H2,1-3H3. The molecule has 0 bridgehead atoms. The molecule has 14 heavy (non-hydrogen) atoms. The summed E-state index contributed by atoms with van der Waals surface area (Å²) in [7, 11) is -3.18. The topological polar surface area (TPSA) is 78.2 Å². The fourth-order valence-electron chi connectivity index (χ4n) is 0.800. The van der Waals surface area contributed by atoms with Crippen LogP contribution in [0.15, 0.2) is 0 Å². The van der Waals surface area contributed by atoms with E-state index in [1.165, 1.54) is 0 Å². The molecule has 0 rings (SSSR count). The zero-order valence-corrected chi connectivity index (χ0v) is 9.63. The summed E-state index contributed by atoms with van der Waals surface area (Å²) in [5.41, 5.74) is 0. The van der Waals surface area contributed by atoms with Crippen LogP contribution in [0.2, 0.25) is 0 Å². The lowest BCUT2D eigenvalue weighted by molar-refractivity contribution is 0.253. The second-order valence-corrected chi connectivity index (χ2v) is 7.09. The number of nitrogens with zero attached hydrogens (tertiary/aromatic N) is 1. The van der Waals surface area contributed by atoms with Gasteiger partial charge in [-0.05, 0) is 27.2 Å². The third-order valence-corrected chi connectivity index (χ3v) is 4.71. The van der Waals surface area contributed by atoms with E-state index >= 15 is 0 Å². The SMILES string of the molecule is CC(C)(C)S(=O)(=O)CCC(C#N)CO. The van der Waals surface area contributed by atoms with Gasteiger partial charge in [-0.15, -0.1) is 0 Å². The first-order valence-corrected chi connectivity index (χ1v) is 6.12. The molecule has 0 aliphatic carbocycles. The monoisotopic (exact) mass is 219 g/mol. The van der Waals surface area contributed by atoms with Crippen LogP contribution >= 0.6 is 0 Å². The highest BCUT2D eigenvalue weighted by Crippen LogP contribution is 2.18. The van der Waals surface area contributed by atoms with Crippen LogP contribution in [-0.2, 0) is 9.84 Å². The predicted molar refractivity (Wildman–Crippen MR) is 54.3 cm³/mol. The molecule has 0 aromatic heterocycles. The zero-order chi connectivity index (χ0) is 11.4. The van der Waals surface area contributed by atoms with Crippen LogP contribution in [-0.4, -0.2) is 30.6 Å². The first-order valence-electron chi connectivity index (χ1n) is 4.47. The Labute approximate surface area is 85.5 Å². The average Bonchev–Trinajstić information content (AvgIpc) is 2.04. The van der Waals surface area contributed by atoms with Gasteiger partial charge in [-0.3, -0.25) is 0 Å². The number of sulfone groups is 1. The molecule has 0 saturated heterocycles. The van der Waals surface area contributed by atoms with E-state index in [1.807, 2.05) is 6.07 Å². The molecule has 1 N–H and O–H groups in total. The van der Waals surface area contributed by atoms with E-state index in [-0.39, 0.29) is 18.8 Å². The van der Waals surface area contributed by atoms with Crippen molar-refractivity contribution in [3.8, 4) is 6.07 Å². The molecule has 0 spiro atoms. The van der Waals surface area contributed by atoms with Gasteiger partial charge in [0.25, 0.3) is 0 Å². The van der Waals surface area contributed by atoms with Crippen molar-refractivity contribution in [3.63, 3.8) is 0 Å². The minimum Gasteiger partial charge on any atom is -0.395 e. The second kappa shape index (κ2) is 4.76. The summed E-state index contributed by atoms with van der Waals surface area (Å²) < 4.78 is 22.4. The Morgan fingerprint density at radius 3 is 2.21 bits per heavy atom. The van der Waals surface area contributed by atoms with Crippen molar-refractivity contribution in [2.24, 2.45) is 5.92 Å². The molecule has 0 aliphatic heterocycles. The predicted octanol–water partition coefficient (Wildman–Crippen LogP) is 0.722. The van der Waals surface area contributed by atoms with E-state index < -0.39 is 20.5 Å². The molecule has 1 atom stereocenters. The van der Waals surface area contributed by atoms with Crippen molar-refractivity contribution in [3.05, 3.63) is 0 Å². The fourth-order valence-corrected chi connectivity index (χ4v) is 2.01. The van der Waals surface area contributed by atoms with Gasteiger partial charge in [0.2, 0.25) is 0 Å². The first kappa shape index (κ1) is 13.4. The Hall–Kier alpha value is -0.600. The molecule has 4 nitrogen and oxygen atoms in total. The lowest BCUT2D eigenvalue weighted by Crippen LogP contribution is -2.31. The van der Waals surface area contributed by atoms with E-state index in [0.717, 1.165) is 0 Å². The number of aliphatic hydroxyl groups excluding tert-OH is 1. The molecule has 0 heterocycles. The van der Waals surface area contributed by atoms with Gasteiger partial charge in [0, 0.05) is 0 Å². The van der Waals surface area contributed by atoms with Crippen molar-refractivity contribution in [2.75, 3.05) is 12.4 Å². The average molecular weight is 219 g/mol. The van der Waals surface area contributed by atoms with Gasteiger partial charge in [0.05, 0.1) is 29.1 Å². The van der Waals surface area contributed by atoms with Crippen LogP contribution in [0.4, 0.5) is 0 Å². The first-order chi connectivity index (χ1) is 6.24. The van der Waals surface area contributed by atoms with Gasteiger partial charge >= 0.3 is 0 Å². The molecule has 82 valence electrons. The molecular weight excluding hydrogens is 202 g/mol. The lowest BCUT2D eigenvalue weighted by atomic mass is 10.1. The van der Waals surface area contributed by atoms with Gasteiger partial charge in [-0.2, -0.15) is 5.26 Å². The summed E-state index contributed by atoms with van der Waals surface area (Å²) in [6.45, 7) is 4.60. The Balaban J connectivity index is 4.36. The van der Waals surface area contributed by atoms with Gasteiger partial charge in [-0.1, -0.05) is 0 Å². The summed E-state index contributed by atoms with van der Waals surface area (Å²) in [6.07, 6.45) is 0.201. The summed E-state index contributed by atoms with van der Waals surface area (Å²) >= 11 is 0. The number of rotatable bonds is 4. The number of nitriles is 1. The van der Waals surface area contributed by atoms with Crippen molar-refractivity contribution >= 4 is 9.84 Å². The maximum atomic E-state index is 11.6. The number of hydrogen-bond acceptors (Lipinski definition) is 4. The smallest absolute Gasteiger partial charge is 0.155 e. The lowest BCUT2D eigenvalue weighted by Gasteiger charge is -2.19. The molecule has 0 aromatic rings. The van der Waals surface area contributed by atoms with Gasteiger partial charge in [-0.25, -0.2) is 8.42 Å². The number of aliphatic hydroxyl groups is 1. The molecule has 0 fully saturated rings. The van der Waals surface area contributed by atoms with Crippen LogP contribution in [0.1, 0.15) is 27.2 Å². The molecule has 0 aliphatic rings. The van der Waals surface area contributed by atoms with Crippen molar-refractivity contribution in [1.29, 1.82) is 5.26 Å². The van der Waals surface area contributed by atoms with E-state index in [4.69, 9.17) is 10.4 Å². The Morgan fingerprint density at radius 2 is 1.93 bits per heavy atom. The largest absolute Gasteiger partial charge is 0.395 e. The van der Waals surface area contributed by atoms with Crippen LogP contribution in [0.25, 0.3) is 0 Å². The Bertz CT molecular complexity index is 308. The van der Waals surface area contributed by atoms with Crippen LogP contribution < -0.4 is 0 Å². The number of hydrogen-bond donors (Lipinski definition) is 1. The van der Waals surface area contributed by atoms with Crippen molar-refractivity contribution in [2.45, 2.75) is 31.9 Å². The molecule has 0 aromatic carbocycles. The molecule has 0 amide bonds. The third-order valence-electron chi connectivity index (χ3n) is 2.07. The quantitative estimate of drug-likeness (QED) is 0.755. The van der Waals surface area contributed by atoms with E-state index in [1.54, 1.807) is 20.8 Å². The minimum absolute atomic E-state index is 0.0463. The summed E-state index contributed by atoms with van der Waals surface area (Å²) in [6, 6.07) is 1.86. The van der Waals surface area contributed by atoms with Gasteiger partial charge in [0.1, 0.15) is 0 Å². The van der Waals surface area contributed by atoms with Crippen LogP contribution in [0.3, 0.4) is 0 Å². The summed E-state index contributed by atoms with van der Waals surface area (Å²) in [4.78, 5) is 0. The van der Waals surface area contributed by atoms with Gasteiger partial charge in [0.15, 0.2) is 9.84 Å². The highest BCUT2D eigenvalue weighted by Gasteiger charge is 2.29. The van der Waals surface area contributed by atoms with E-state index in [9.17, 15) is 8.42 Å². The summed E-state index contributed by atoms with van der Waals surface area (Å²) in [5.74, 6) is -0.623. The minimum atomic E-state index is -3.18. The van der Waals surface area contributed by atoms with Crippen molar-refractivity contribution < 1.29 is 13.5 Å². The zero-order valence-electron chi connectivity index (χ0n) is 8.82. The maximum absolute atomic E-state index is 11.6. The molecular formula is C9H17NO3S. The van der Waals surface area contributed by atoms with Crippen LogP contribution in [0.5, 0.6) is 0 Å². The maximum Gasteiger partial charge on any atom is 0.155 e. The summed E-state index contributed by atoms with van der Waals surface area (Å²) in [5, 5.41) is 17.2. The highest BCUT2D eigenvalue weighted by atomic mass is 32.2. The van der Waals surface area contributed by atoms with Crippen LogP contribution in [0, 0.1) is 17.2 Å². The Morgan fingerprint density at radius 1 is 1.43 bits per heavy atom. The normalized spacial score (nSPS) is 14.8. The van der Waals surface area contributed by atoms with Gasteiger partial charge < -0.3 is 5.11 Å². The third kappa shape index (κ3) is 3.64. The molecule has 1 unspecified atom stereocenters. The molecule has 0 saturated carbocycles.